The number of hydrogen-bond donors (Lipinski definition) is 1. The lowest BCUT2D eigenvalue weighted by atomic mass is 10.1. The van der Waals surface area contributed by atoms with Crippen LogP contribution in [-0.2, 0) is 0 Å². The number of halogens is 1. The first kappa shape index (κ1) is 16.0. The number of nitro benzene ring substituents is 1. The molecule has 1 amide bonds. The molecule has 0 aromatic heterocycles. The van der Waals surface area contributed by atoms with Gasteiger partial charge >= 0.3 is 0 Å². The number of nitro groups is 1. The summed E-state index contributed by atoms with van der Waals surface area (Å²) in [5, 5.41) is 19.3. The highest BCUT2D eigenvalue weighted by molar-refractivity contribution is 5.94. The number of nitrogens with zero attached hydrogens (tertiary/aromatic N) is 2. The second-order valence-corrected chi connectivity index (χ2v) is 4.59. The van der Waals surface area contributed by atoms with E-state index in [9.17, 15) is 19.3 Å². The zero-order chi connectivity index (χ0) is 15.3. The summed E-state index contributed by atoms with van der Waals surface area (Å²) in [6, 6.07) is 2.78. The van der Waals surface area contributed by atoms with Gasteiger partial charge in [-0.25, -0.2) is 4.39 Å². The second-order valence-electron chi connectivity index (χ2n) is 4.59. The summed E-state index contributed by atoms with van der Waals surface area (Å²) in [6.07, 6.45) is 0.387. The van der Waals surface area contributed by atoms with E-state index in [1.165, 1.54) is 4.90 Å². The van der Waals surface area contributed by atoms with Gasteiger partial charge in [-0.15, -0.1) is 0 Å². The average Bonchev–Trinajstić information content (AvgIpc) is 2.38. The molecule has 0 radical (unpaired) electrons. The highest BCUT2D eigenvalue weighted by Crippen LogP contribution is 2.19. The van der Waals surface area contributed by atoms with E-state index >= 15 is 0 Å². The van der Waals surface area contributed by atoms with Gasteiger partial charge in [0.15, 0.2) is 0 Å². The van der Waals surface area contributed by atoms with E-state index in [2.05, 4.69) is 0 Å². The molecule has 0 aliphatic carbocycles. The Kier molecular flexibility index (Phi) is 5.57. The zero-order valence-electron chi connectivity index (χ0n) is 11.4. The van der Waals surface area contributed by atoms with Gasteiger partial charge in [0.05, 0.1) is 16.6 Å². The predicted molar refractivity (Wildman–Crippen MR) is 70.9 cm³/mol. The molecule has 0 bridgehead atoms. The van der Waals surface area contributed by atoms with Crippen LogP contribution in [0.25, 0.3) is 0 Å². The first-order valence-electron chi connectivity index (χ1n) is 6.24. The lowest BCUT2D eigenvalue weighted by Crippen LogP contribution is -2.38. The number of carbonyl (C=O) groups excluding carboxylic acids is 1. The van der Waals surface area contributed by atoms with Crippen molar-refractivity contribution in [2.45, 2.75) is 26.3 Å². The fraction of sp³-hybridized carbons (Fsp3) is 0.462. The van der Waals surface area contributed by atoms with E-state index in [1.54, 1.807) is 13.8 Å². The van der Waals surface area contributed by atoms with Gasteiger partial charge in [-0.2, -0.15) is 0 Å². The van der Waals surface area contributed by atoms with Gasteiger partial charge in [0.2, 0.25) is 0 Å². The van der Waals surface area contributed by atoms with E-state index in [0.717, 1.165) is 18.2 Å². The van der Waals surface area contributed by atoms with Gasteiger partial charge in [0, 0.05) is 25.3 Å². The van der Waals surface area contributed by atoms with Crippen molar-refractivity contribution in [2.75, 3.05) is 13.2 Å². The minimum atomic E-state index is -0.918. The number of carbonyl (C=O) groups is 1. The summed E-state index contributed by atoms with van der Waals surface area (Å²) >= 11 is 0. The molecule has 20 heavy (non-hydrogen) atoms. The van der Waals surface area contributed by atoms with E-state index in [1.807, 2.05) is 0 Å². The summed E-state index contributed by atoms with van der Waals surface area (Å²) in [4.78, 5) is 23.5. The van der Waals surface area contributed by atoms with Crippen LogP contribution in [0.2, 0.25) is 0 Å². The summed E-state index contributed by atoms with van der Waals surface area (Å²) < 4.78 is 13.8. The van der Waals surface area contributed by atoms with E-state index in [4.69, 9.17) is 5.11 Å². The van der Waals surface area contributed by atoms with Crippen molar-refractivity contribution in [1.29, 1.82) is 0 Å². The molecule has 1 aromatic carbocycles. The lowest BCUT2D eigenvalue weighted by molar-refractivity contribution is -0.385. The quantitative estimate of drug-likeness (QED) is 0.639. The van der Waals surface area contributed by atoms with Gasteiger partial charge in [-0.3, -0.25) is 14.9 Å². The molecular formula is C13H17FN2O4. The Morgan fingerprint density at radius 3 is 2.60 bits per heavy atom. The summed E-state index contributed by atoms with van der Waals surface area (Å²) in [5.41, 5.74) is -0.604. The van der Waals surface area contributed by atoms with Crippen LogP contribution in [0.4, 0.5) is 10.1 Å². The fourth-order valence-corrected chi connectivity index (χ4v) is 1.78. The number of benzene rings is 1. The van der Waals surface area contributed by atoms with Gasteiger partial charge in [0.1, 0.15) is 5.82 Å². The molecule has 1 rings (SSSR count). The maximum absolute atomic E-state index is 13.8. The molecule has 1 N–H and O–H groups in total. The standard InChI is InChI=1S/C13H17FN2O4/c1-9(2)15(6-3-7-17)13(18)11-5-4-10(16(19)20)8-12(11)14/h4-5,8-9,17H,3,6-7H2,1-2H3. The minimum Gasteiger partial charge on any atom is -0.396 e. The maximum atomic E-state index is 13.8. The van der Waals surface area contributed by atoms with Crippen LogP contribution in [0.1, 0.15) is 30.6 Å². The highest BCUT2D eigenvalue weighted by atomic mass is 19.1. The fourth-order valence-electron chi connectivity index (χ4n) is 1.78. The summed E-state index contributed by atoms with van der Waals surface area (Å²) in [5.74, 6) is -1.46. The second kappa shape index (κ2) is 6.95. The average molecular weight is 284 g/mol. The van der Waals surface area contributed by atoms with Gasteiger partial charge in [0.25, 0.3) is 11.6 Å². The third-order valence-corrected chi connectivity index (χ3v) is 2.84. The van der Waals surface area contributed by atoms with Crippen LogP contribution in [0.3, 0.4) is 0 Å². The molecule has 0 saturated carbocycles. The normalized spacial score (nSPS) is 10.7. The Bertz CT molecular complexity index is 505. The molecule has 110 valence electrons. The van der Waals surface area contributed by atoms with Crippen LogP contribution in [0.15, 0.2) is 18.2 Å². The Balaban J connectivity index is 3.03. The highest BCUT2D eigenvalue weighted by Gasteiger charge is 2.22. The number of hydrogen-bond acceptors (Lipinski definition) is 4. The third-order valence-electron chi connectivity index (χ3n) is 2.84. The van der Waals surface area contributed by atoms with E-state index in [-0.39, 0.29) is 18.2 Å². The van der Waals surface area contributed by atoms with E-state index in [0.29, 0.717) is 13.0 Å². The molecule has 0 fully saturated rings. The van der Waals surface area contributed by atoms with Crippen LogP contribution in [0.5, 0.6) is 0 Å². The van der Waals surface area contributed by atoms with Crippen LogP contribution >= 0.6 is 0 Å². The van der Waals surface area contributed by atoms with Crippen molar-refractivity contribution in [3.05, 3.63) is 39.7 Å². The summed E-state index contributed by atoms with van der Waals surface area (Å²) in [7, 11) is 0. The molecule has 7 heteroatoms. The largest absolute Gasteiger partial charge is 0.396 e. The molecule has 0 atom stereocenters. The smallest absolute Gasteiger partial charge is 0.272 e. The van der Waals surface area contributed by atoms with Crippen molar-refractivity contribution in [2.24, 2.45) is 0 Å². The topological polar surface area (TPSA) is 83.7 Å². The van der Waals surface area contributed by atoms with Gasteiger partial charge in [-0.05, 0) is 26.3 Å². The molecule has 1 aromatic rings. The van der Waals surface area contributed by atoms with Crippen LogP contribution in [-0.4, -0.2) is 40.0 Å². The molecular weight excluding hydrogens is 267 g/mol. The minimum absolute atomic E-state index is 0.0702. The first-order valence-corrected chi connectivity index (χ1v) is 6.24. The predicted octanol–water partition coefficient (Wildman–Crippen LogP) is 1.97. The lowest BCUT2D eigenvalue weighted by Gasteiger charge is -2.26. The van der Waals surface area contributed by atoms with Gasteiger partial charge in [-0.1, -0.05) is 0 Å². The Morgan fingerprint density at radius 1 is 1.50 bits per heavy atom. The third kappa shape index (κ3) is 3.74. The Morgan fingerprint density at radius 2 is 2.15 bits per heavy atom. The van der Waals surface area contributed by atoms with Crippen molar-refractivity contribution in [1.82, 2.24) is 4.90 Å². The summed E-state index contributed by atoms with van der Waals surface area (Å²) in [6.45, 7) is 3.78. The van der Waals surface area contributed by atoms with Crippen LogP contribution < -0.4 is 0 Å². The number of aliphatic hydroxyl groups is 1. The Hall–Kier alpha value is -2.02. The van der Waals surface area contributed by atoms with Crippen LogP contribution in [0, 0.1) is 15.9 Å². The van der Waals surface area contributed by atoms with Crippen molar-refractivity contribution < 1.29 is 19.2 Å². The van der Waals surface area contributed by atoms with Crippen molar-refractivity contribution in [3.8, 4) is 0 Å². The number of aliphatic hydroxyl groups excluding tert-OH is 1. The SMILES string of the molecule is CC(C)N(CCCO)C(=O)c1ccc([N+](=O)[O-])cc1F. The molecule has 0 aliphatic heterocycles. The first-order chi connectivity index (χ1) is 9.38. The molecule has 0 aliphatic rings. The van der Waals surface area contributed by atoms with Crippen molar-refractivity contribution >= 4 is 11.6 Å². The molecule has 6 nitrogen and oxygen atoms in total. The molecule has 0 unspecified atom stereocenters. The zero-order valence-corrected chi connectivity index (χ0v) is 11.4. The number of amides is 1. The molecule has 0 heterocycles. The number of non-ortho nitro benzene ring substituents is 1. The number of rotatable bonds is 6. The monoisotopic (exact) mass is 284 g/mol. The van der Waals surface area contributed by atoms with Gasteiger partial charge < -0.3 is 10.0 Å². The van der Waals surface area contributed by atoms with Crippen molar-refractivity contribution in [3.63, 3.8) is 0 Å². The molecule has 0 spiro atoms. The molecule has 0 saturated heterocycles. The Labute approximate surface area is 116 Å². The van der Waals surface area contributed by atoms with E-state index < -0.39 is 22.3 Å². The maximum Gasteiger partial charge on any atom is 0.272 e.